The Morgan fingerprint density at radius 3 is 2.56 bits per heavy atom. The highest BCUT2D eigenvalue weighted by Crippen LogP contribution is 2.16. The summed E-state index contributed by atoms with van der Waals surface area (Å²) in [6, 6.07) is 8.30. The summed E-state index contributed by atoms with van der Waals surface area (Å²) in [4.78, 5) is 10.2. The zero-order valence-corrected chi connectivity index (χ0v) is 19.8. The molecular weight excluding hydrogens is 471 g/mol. The van der Waals surface area contributed by atoms with Crippen LogP contribution in [0.2, 0.25) is 0 Å². The molecule has 0 atom stereocenters. The molecule has 7 heteroatoms. The van der Waals surface area contributed by atoms with Crippen LogP contribution in [0.5, 0.6) is 5.75 Å². The molecule has 1 aromatic heterocycles. The molecule has 1 heterocycles. The molecule has 1 aromatic carbocycles. The van der Waals surface area contributed by atoms with Gasteiger partial charge in [0.05, 0.1) is 17.3 Å². The number of benzene rings is 1. The van der Waals surface area contributed by atoms with Crippen LogP contribution in [-0.4, -0.2) is 37.7 Å². The van der Waals surface area contributed by atoms with Crippen molar-refractivity contribution in [3.63, 3.8) is 0 Å². The van der Waals surface area contributed by atoms with Gasteiger partial charge in [0, 0.05) is 31.4 Å². The van der Waals surface area contributed by atoms with Crippen LogP contribution in [0, 0.1) is 13.8 Å². The highest BCUT2D eigenvalue weighted by atomic mass is 127. The minimum atomic E-state index is 0. The SMILES string of the molecule is CCCOc1cccc(CCNC(=NC)NCCc2nc(C)c(C)s2)c1.I. The van der Waals surface area contributed by atoms with Gasteiger partial charge in [-0.1, -0.05) is 19.1 Å². The average Bonchev–Trinajstić information content (AvgIpc) is 2.96. The maximum atomic E-state index is 5.69. The van der Waals surface area contributed by atoms with Gasteiger partial charge in [-0.15, -0.1) is 35.3 Å². The predicted molar refractivity (Wildman–Crippen MR) is 126 cm³/mol. The third-order valence-corrected chi connectivity index (χ3v) is 5.14. The van der Waals surface area contributed by atoms with Gasteiger partial charge < -0.3 is 15.4 Å². The van der Waals surface area contributed by atoms with Crippen LogP contribution in [-0.2, 0) is 12.8 Å². The first-order valence-corrected chi connectivity index (χ1v) is 10.0. The molecule has 0 amide bonds. The zero-order valence-electron chi connectivity index (χ0n) is 16.7. The van der Waals surface area contributed by atoms with E-state index in [1.807, 2.05) is 12.1 Å². The van der Waals surface area contributed by atoms with E-state index in [0.29, 0.717) is 0 Å². The fraction of sp³-hybridized carbons (Fsp3) is 0.500. The van der Waals surface area contributed by atoms with Crippen LogP contribution < -0.4 is 15.4 Å². The monoisotopic (exact) mass is 502 g/mol. The number of aryl methyl sites for hydroxylation is 2. The molecule has 150 valence electrons. The summed E-state index contributed by atoms with van der Waals surface area (Å²) in [6.07, 6.45) is 2.86. The zero-order chi connectivity index (χ0) is 18.8. The predicted octanol–water partition coefficient (Wildman–Crippen LogP) is 4.12. The van der Waals surface area contributed by atoms with Crippen molar-refractivity contribution >= 4 is 41.3 Å². The molecule has 0 aliphatic carbocycles. The van der Waals surface area contributed by atoms with Crippen LogP contribution in [0.3, 0.4) is 0 Å². The molecule has 0 spiro atoms. The Morgan fingerprint density at radius 1 is 1.19 bits per heavy atom. The number of aliphatic imine (C=N–C) groups is 1. The Bertz CT molecular complexity index is 698. The van der Waals surface area contributed by atoms with Crippen LogP contribution in [0.15, 0.2) is 29.3 Å². The summed E-state index contributed by atoms with van der Waals surface area (Å²) >= 11 is 1.77. The summed E-state index contributed by atoms with van der Waals surface area (Å²) in [5, 5.41) is 7.89. The highest BCUT2D eigenvalue weighted by Gasteiger charge is 2.04. The molecule has 0 bridgehead atoms. The smallest absolute Gasteiger partial charge is 0.191 e. The average molecular weight is 502 g/mol. The number of hydrogen-bond acceptors (Lipinski definition) is 4. The standard InChI is InChI=1S/C20H30N4OS.HI/c1-5-13-25-18-8-6-7-17(14-18)9-11-22-20(21-4)23-12-10-19-24-15(2)16(3)26-19;/h6-8,14H,5,9-13H2,1-4H3,(H2,21,22,23);1H. The van der Waals surface area contributed by atoms with Crippen molar-refractivity contribution in [2.75, 3.05) is 26.7 Å². The van der Waals surface area contributed by atoms with Crippen molar-refractivity contribution in [1.82, 2.24) is 15.6 Å². The first-order valence-electron chi connectivity index (χ1n) is 9.21. The lowest BCUT2D eigenvalue weighted by Crippen LogP contribution is -2.39. The summed E-state index contributed by atoms with van der Waals surface area (Å²) in [5.41, 5.74) is 2.40. The summed E-state index contributed by atoms with van der Waals surface area (Å²) in [6.45, 7) is 8.71. The lowest BCUT2D eigenvalue weighted by molar-refractivity contribution is 0.317. The molecule has 0 fully saturated rings. The van der Waals surface area contributed by atoms with Crippen molar-refractivity contribution < 1.29 is 4.74 Å². The third-order valence-electron chi connectivity index (χ3n) is 4.01. The van der Waals surface area contributed by atoms with Crippen LogP contribution >= 0.6 is 35.3 Å². The Balaban J connectivity index is 0.00000364. The fourth-order valence-electron chi connectivity index (χ4n) is 2.49. The second-order valence-electron chi connectivity index (χ2n) is 6.17. The second-order valence-corrected chi connectivity index (χ2v) is 7.46. The lowest BCUT2D eigenvalue weighted by Gasteiger charge is -2.12. The molecular formula is C20H31IN4OS. The van der Waals surface area contributed by atoms with Crippen molar-refractivity contribution in [2.45, 2.75) is 40.0 Å². The number of nitrogens with zero attached hydrogens (tertiary/aromatic N) is 2. The van der Waals surface area contributed by atoms with E-state index in [0.717, 1.165) is 56.4 Å². The normalized spacial score (nSPS) is 11.0. The number of nitrogens with one attached hydrogen (secondary N) is 2. The van der Waals surface area contributed by atoms with Crippen LogP contribution in [0.4, 0.5) is 0 Å². The summed E-state index contributed by atoms with van der Waals surface area (Å²) in [5.74, 6) is 1.77. The van der Waals surface area contributed by atoms with Crippen molar-refractivity contribution in [1.29, 1.82) is 0 Å². The van der Waals surface area contributed by atoms with Crippen LogP contribution in [0.1, 0.15) is 34.5 Å². The number of guanidine groups is 1. The second kappa shape index (κ2) is 12.9. The number of rotatable bonds is 9. The van der Waals surface area contributed by atoms with Gasteiger partial charge in [-0.25, -0.2) is 4.98 Å². The van der Waals surface area contributed by atoms with Gasteiger partial charge in [0.15, 0.2) is 5.96 Å². The molecule has 0 aliphatic heterocycles. The Kier molecular flexibility index (Phi) is 11.3. The first-order chi connectivity index (χ1) is 12.6. The number of aromatic nitrogens is 1. The molecule has 0 radical (unpaired) electrons. The van der Waals surface area contributed by atoms with E-state index >= 15 is 0 Å². The maximum Gasteiger partial charge on any atom is 0.191 e. The molecule has 0 aliphatic rings. The molecule has 5 nitrogen and oxygen atoms in total. The Labute approximate surface area is 184 Å². The van der Waals surface area contributed by atoms with Gasteiger partial charge in [0.1, 0.15) is 5.75 Å². The number of thiazole rings is 1. The molecule has 0 saturated carbocycles. The van der Waals surface area contributed by atoms with Gasteiger partial charge in [-0.2, -0.15) is 0 Å². The van der Waals surface area contributed by atoms with Gasteiger partial charge in [0.25, 0.3) is 0 Å². The summed E-state index contributed by atoms with van der Waals surface area (Å²) in [7, 11) is 1.80. The first kappa shape index (κ1) is 23.7. The fourth-order valence-corrected chi connectivity index (χ4v) is 3.42. The quantitative estimate of drug-likeness (QED) is 0.308. The topological polar surface area (TPSA) is 58.5 Å². The van der Waals surface area contributed by atoms with E-state index in [1.165, 1.54) is 15.4 Å². The molecule has 0 unspecified atom stereocenters. The van der Waals surface area contributed by atoms with E-state index in [2.05, 4.69) is 53.5 Å². The van der Waals surface area contributed by atoms with Gasteiger partial charge >= 0.3 is 0 Å². The Morgan fingerprint density at radius 2 is 1.93 bits per heavy atom. The Hall–Kier alpha value is -1.35. The number of hydrogen-bond donors (Lipinski definition) is 2. The van der Waals surface area contributed by atoms with Gasteiger partial charge in [0.2, 0.25) is 0 Å². The molecule has 0 saturated heterocycles. The van der Waals surface area contributed by atoms with Crippen molar-refractivity contribution in [2.24, 2.45) is 4.99 Å². The van der Waals surface area contributed by atoms with Crippen molar-refractivity contribution in [3.8, 4) is 5.75 Å². The van der Waals surface area contributed by atoms with E-state index in [1.54, 1.807) is 18.4 Å². The van der Waals surface area contributed by atoms with E-state index < -0.39 is 0 Å². The molecule has 2 N–H and O–H groups in total. The van der Waals surface area contributed by atoms with E-state index in [-0.39, 0.29) is 24.0 Å². The van der Waals surface area contributed by atoms with Gasteiger partial charge in [-0.05, 0) is 44.4 Å². The van der Waals surface area contributed by atoms with E-state index in [9.17, 15) is 0 Å². The molecule has 2 rings (SSSR count). The molecule has 2 aromatic rings. The van der Waals surface area contributed by atoms with Crippen molar-refractivity contribution in [3.05, 3.63) is 45.4 Å². The minimum Gasteiger partial charge on any atom is -0.494 e. The summed E-state index contributed by atoms with van der Waals surface area (Å²) < 4.78 is 5.69. The largest absolute Gasteiger partial charge is 0.494 e. The third kappa shape index (κ3) is 8.47. The lowest BCUT2D eigenvalue weighted by atomic mass is 10.1. The van der Waals surface area contributed by atoms with Gasteiger partial charge in [-0.3, -0.25) is 4.99 Å². The molecule has 27 heavy (non-hydrogen) atoms. The highest BCUT2D eigenvalue weighted by molar-refractivity contribution is 14.0. The minimum absolute atomic E-state index is 0. The van der Waals surface area contributed by atoms with Crippen LogP contribution in [0.25, 0.3) is 0 Å². The number of halogens is 1. The maximum absolute atomic E-state index is 5.69. The van der Waals surface area contributed by atoms with E-state index in [4.69, 9.17) is 4.74 Å². The number of ether oxygens (including phenoxy) is 1.